The van der Waals surface area contributed by atoms with Crippen molar-refractivity contribution in [2.75, 3.05) is 29.1 Å². The van der Waals surface area contributed by atoms with E-state index in [2.05, 4.69) is 22.8 Å². The molecule has 1 fully saturated rings. The summed E-state index contributed by atoms with van der Waals surface area (Å²) in [6, 6.07) is 15.8. The molecule has 2 N–H and O–H groups in total. The zero-order valence-corrected chi connectivity index (χ0v) is 18.0. The number of nitrogens with zero attached hydrogens (tertiary/aromatic N) is 1. The van der Waals surface area contributed by atoms with Crippen LogP contribution in [0.1, 0.15) is 24.8 Å². The summed E-state index contributed by atoms with van der Waals surface area (Å²) in [4.78, 5) is 13.7. The Labute approximate surface area is 181 Å². The Morgan fingerprint density at radius 2 is 2.04 bits per heavy atom. The third kappa shape index (κ3) is 6.40. The zero-order valence-electron chi connectivity index (χ0n) is 15.6. The highest BCUT2D eigenvalue weighted by atomic mass is 35.5. The van der Waals surface area contributed by atoms with E-state index in [1.807, 2.05) is 53.1 Å². The minimum atomic E-state index is 0.189. The predicted molar refractivity (Wildman–Crippen MR) is 124 cm³/mol. The maximum Gasteiger partial charge on any atom is 0.227 e. The summed E-state index contributed by atoms with van der Waals surface area (Å²) in [5.41, 5.74) is 3.11. The molecule has 0 bridgehead atoms. The molecule has 1 aliphatic rings. The maximum absolute atomic E-state index is 11.9. The van der Waals surface area contributed by atoms with Crippen molar-refractivity contribution in [3.63, 3.8) is 0 Å². The van der Waals surface area contributed by atoms with Gasteiger partial charge >= 0.3 is 0 Å². The fourth-order valence-corrected chi connectivity index (χ4v) is 4.26. The summed E-state index contributed by atoms with van der Waals surface area (Å²) < 4.78 is 0. The van der Waals surface area contributed by atoms with Crippen molar-refractivity contribution in [1.82, 2.24) is 5.32 Å². The lowest BCUT2D eigenvalue weighted by Gasteiger charge is -2.17. The van der Waals surface area contributed by atoms with Crippen molar-refractivity contribution in [3.05, 3.63) is 59.1 Å². The van der Waals surface area contributed by atoms with Gasteiger partial charge in [0, 0.05) is 41.7 Å². The molecule has 0 aliphatic carbocycles. The highest BCUT2D eigenvalue weighted by Crippen LogP contribution is 2.24. The predicted octanol–water partition coefficient (Wildman–Crippen LogP) is 5.08. The van der Waals surface area contributed by atoms with Crippen LogP contribution in [-0.2, 0) is 10.5 Å². The van der Waals surface area contributed by atoms with E-state index in [4.69, 9.17) is 23.8 Å². The molecule has 1 aliphatic heterocycles. The van der Waals surface area contributed by atoms with E-state index in [0.717, 1.165) is 53.8 Å². The van der Waals surface area contributed by atoms with Crippen LogP contribution in [0.5, 0.6) is 0 Å². The number of nitrogens with one attached hydrogen (secondary N) is 2. The lowest BCUT2D eigenvalue weighted by molar-refractivity contribution is -0.117. The van der Waals surface area contributed by atoms with Crippen LogP contribution in [0, 0.1) is 0 Å². The Kier molecular flexibility index (Phi) is 8.01. The van der Waals surface area contributed by atoms with E-state index < -0.39 is 0 Å². The Bertz CT molecular complexity index is 814. The van der Waals surface area contributed by atoms with Gasteiger partial charge in [0.15, 0.2) is 5.11 Å². The van der Waals surface area contributed by atoms with Gasteiger partial charge in [-0.2, -0.15) is 11.8 Å². The number of rotatable bonds is 8. The highest BCUT2D eigenvalue weighted by molar-refractivity contribution is 7.98. The molecule has 4 nitrogen and oxygen atoms in total. The quantitative estimate of drug-likeness (QED) is 0.449. The number of halogens is 1. The number of benzene rings is 2. The highest BCUT2D eigenvalue weighted by Gasteiger charge is 2.21. The molecular formula is C21H24ClN3OS2. The van der Waals surface area contributed by atoms with Crippen LogP contribution >= 0.6 is 35.6 Å². The fraction of sp³-hybridized carbons (Fsp3) is 0.333. The van der Waals surface area contributed by atoms with Crippen molar-refractivity contribution >= 4 is 58.0 Å². The normalized spacial score (nSPS) is 13.6. The SMILES string of the molecule is O=C1CCCN1c1cccc(NC(=S)NCCCSCc2ccc(Cl)cc2)c1. The average molecular weight is 434 g/mol. The second-order valence-corrected chi connectivity index (χ2v) is 8.56. The number of amides is 1. The summed E-state index contributed by atoms with van der Waals surface area (Å²) in [6.07, 6.45) is 2.59. The summed E-state index contributed by atoms with van der Waals surface area (Å²) in [5.74, 6) is 2.24. The molecule has 1 heterocycles. The first-order valence-electron chi connectivity index (χ1n) is 9.39. The number of carbonyl (C=O) groups excluding carboxylic acids is 1. The van der Waals surface area contributed by atoms with Gasteiger partial charge in [-0.15, -0.1) is 0 Å². The van der Waals surface area contributed by atoms with Crippen LogP contribution in [0.4, 0.5) is 11.4 Å². The summed E-state index contributed by atoms with van der Waals surface area (Å²) in [7, 11) is 0. The monoisotopic (exact) mass is 433 g/mol. The Morgan fingerprint density at radius 3 is 2.79 bits per heavy atom. The van der Waals surface area contributed by atoms with Gasteiger partial charge in [-0.3, -0.25) is 4.79 Å². The van der Waals surface area contributed by atoms with E-state index in [0.29, 0.717) is 11.5 Å². The number of hydrogen-bond acceptors (Lipinski definition) is 3. The lowest BCUT2D eigenvalue weighted by Crippen LogP contribution is -2.29. The van der Waals surface area contributed by atoms with Gasteiger partial charge in [-0.25, -0.2) is 0 Å². The molecule has 0 atom stereocenters. The largest absolute Gasteiger partial charge is 0.362 e. The Morgan fingerprint density at radius 1 is 1.21 bits per heavy atom. The van der Waals surface area contributed by atoms with Gasteiger partial charge in [0.2, 0.25) is 5.91 Å². The van der Waals surface area contributed by atoms with Crippen LogP contribution in [0.25, 0.3) is 0 Å². The van der Waals surface area contributed by atoms with Crippen LogP contribution in [0.15, 0.2) is 48.5 Å². The van der Waals surface area contributed by atoms with Gasteiger partial charge < -0.3 is 15.5 Å². The second kappa shape index (κ2) is 10.7. The first-order chi connectivity index (χ1) is 13.6. The minimum Gasteiger partial charge on any atom is -0.362 e. The van der Waals surface area contributed by atoms with Gasteiger partial charge in [-0.05, 0) is 66.7 Å². The number of hydrogen-bond donors (Lipinski definition) is 2. The lowest BCUT2D eigenvalue weighted by atomic mass is 10.2. The fourth-order valence-electron chi connectivity index (χ4n) is 2.99. The molecule has 7 heteroatoms. The van der Waals surface area contributed by atoms with Crippen LogP contribution < -0.4 is 15.5 Å². The van der Waals surface area contributed by atoms with Gasteiger partial charge in [0.1, 0.15) is 0 Å². The third-order valence-electron chi connectivity index (χ3n) is 4.42. The van der Waals surface area contributed by atoms with E-state index >= 15 is 0 Å². The third-order valence-corrected chi connectivity index (χ3v) is 6.04. The van der Waals surface area contributed by atoms with Crippen molar-refractivity contribution < 1.29 is 4.79 Å². The van der Waals surface area contributed by atoms with Crippen LogP contribution in [-0.4, -0.2) is 29.9 Å². The second-order valence-electron chi connectivity index (χ2n) is 6.61. The summed E-state index contributed by atoms with van der Waals surface area (Å²) >= 11 is 13.2. The molecular weight excluding hydrogens is 410 g/mol. The van der Waals surface area contributed by atoms with Gasteiger partial charge in [0.25, 0.3) is 0 Å². The topological polar surface area (TPSA) is 44.4 Å². The van der Waals surface area contributed by atoms with Gasteiger partial charge in [-0.1, -0.05) is 29.8 Å². The van der Waals surface area contributed by atoms with E-state index in [9.17, 15) is 4.79 Å². The maximum atomic E-state index is 11.9. The number of thioether (sulfide) groups is 1. The zero-order chi connectivity index (χ0) is 19.8. The molecule has 0 unspecified atom stereocenters. The smallest absolute Gasteiger partial charge is 0.227 e. The first kappa shape index (κ1) is 21.0. The van der Waals surface area contributed by atoms with Crippen LogP contribution in [0.3, 0.4) is 0 Å². The molecule has 2 aromatic carbocycles. The molecule has 1 saturated heterocycles. The molecule has 0 aromatic heterocycles. The number of carbonyl (C=O) groups is 1. The van der Waals surface area contributed by atoms with Crippen LogP contribution in [0.2, 0.25) is 5.02 Å². The minimum absolute atomic E-state index is 0.189. The Balaban J connectivity index is 1.34. The van der Waals surface area contributed by atoms with E-state index in [1.54, 1.807) is 0 Å². The first-order valence-corrected chi connectivity index (χ1v) is 11.3. The number of anilines is 2. The summed E-state index contributed by atoms with van der Waals surface area (Å²) in [5, 5.41) is 7.83. The van der Waals surface area contributed by atoms with Crippen molar-refractivity contribution in [3.8, 4) is 0 Å². The molecule has 28 heavy (non-hydrogen) atoms. The van der Waals surface area contributed by atoms with Crippen molar-refractivity contribution in [2.24, 2.45) is 0 Å². The molecule has 0 saturated carbocycles. The van der Waals surface area contributed by atoms with E-state index in [-0.39, 0.29) is 5.91 Å². The van der Waals surface area contributed by atoms with E-state index in [1.165, 1.54) is 5.56 Å². The standard InChI is InChI=1S/C21H24ClN3OS2/c22-17-9-7-16(8-10-17)15-28-13-3-11-23-21(27)24-18-4-1-5-19(14-18)25-12-2-6-20(25)26/h1,4-5,7-10,14H,2-3,6,11-13,15H2,(H2,23,24,27). The molecule has 1 amide bonds. The molecule has 148 valence electrons. The molecule has 2 aromatic rings. The Hall–Kier alpha value is -1.76. The molecule has 0 spiro atoms. The van der Waals surface area contributed by atoms with Gasteiger partial charge in [0.05, 0.1) is 0 Å². The average Bonchev–Trinajstić information content (AvgIpc) is 3.12. The van der Waals surface area contributed by atoms with Crippen molar-refractivity contribution in [2.45, 2.75) is 25.0 Å². The molecule has 0 radical (unpaired) electrons. The number of thiocarbonyl (C=S) groups is 1. The van der Waals surface area contributed by atoms with Crippen molar-refractivity contribution in [1.29, 1.82) is 0 Å². The summed E-state index contributed by atoms with van der Waals surface area (Å²) in [6.45, 7) is 1.61. The molecule has 3 rings (SSSR count).